The molecule has 23 heavy (non-hydrogen) atoms. The second-order valence-electron chi connectivity index (χ2n) is 5.49. The topological polar surface area (TPSA) is 44.1 Å². The third-order valence-electron chi connectivity index (χ3n) is 3.60. The van der Waals surface area contributed by atoms with Crippen LogP contribution in [-0.4, -0.2) is 9.55 Å². The van der Waals surface area contributed by atoms with Crippen LogP contribution in [0.1, 0.15) is 16.8 Å². The molecule has 2 heterocycles. The van der Waals surface area contributed by atoms with Gasteiger partial charge in [0.15, 0.2) is 0 Å². The fourth-order valence-corrected chi connectivity index (χ4v) is 2.55. The molecule has 0 fully saturated rings. The first-order chi connectivity index (χ1) is 11.1. The Morgan fingerprint density at radius 1 is 1.04 bits per heavy atom. The van der Waals surface area contributed by atoms with Crippen LogP contribution in [0.25, 0.3) is 5.69 Å². The molecule has 0 aliphatic rings. The molecule has 0 saturated heterocycles. The second kappa shape index (κ2) is 6.48. The quantitative estimate of drug-likeness (QED) is 0.742. The lowest BCUT2D eigenvalue weighted by molar-refractivity contribution is 0.305. The van der Waals surface area contributed by atoms with Gasteiger partial charge in [0.2, 0.25) is 0 Å². The van der Waals surface area contributed by atoms with Crippen LogP contribution in [0.15, 0.2) is 65.7 Å². The van der Waals surface area contributed by atoms with Crippen LogP contribution in [0.2, 0.25) is 0 Å². The van der Waals surface area contributed by atoms with Crippen LogP contribution < -0.4 is 10.3 Å². The lowest BCUT2D eigenvalue weighted by atomic mass is 10.1. The molecule has 0 aliphatic heterocycles. The van der Waals surface area contributed by atoms with E-state index < -0.39 is 0 Å². The maximum Gasteiger partial charge on any atom is 0.258 e. The Labute approximate surface area is 135 Å². The zero-order chi connectivity index (χ0) is 16.2. The molecule has 4 heteroatoms. The number of aromatic nitrogens is 2. The highest BCUT2D eigenvalue weighted by Crippen LogP contribution is 2.15. The van der Waals surface area contributed by atoms with E-state index in [-0.39, 0.29) is 5.56 Å². The van der Waals surface area contributed by atoms with Crippen molar-refractivity contribution in [2.45, 2.75) is 20.5 Å². The molecule has 0 bridgehead atoms. The van der Waals surface area contributed by atoms with Crippen LogP contribution in [0.3, 0.4) is 0 Å². The summed E-state index contributed by atoms with van der Waals surface area (Å²) in [6, 6.07) is 15.1. The van der Waals surface area contributed by atoms with Crippen LogP contribution in [-0.2, 0) is 6.61 Å². The van der Waals surface area contributed by atoms with Gasteiger partial charge < -0.3 is 4.74 Å². The van der Waals surface area contributed by atoms with E-state index in [9.17, 15) is 4.79 Å². The summed E-state index contributed by atoms with van der Waals surface area (Å²) in [6.45, 7) is 4.38. The van der Waals surface area contributed by atoms with E-state index in [1.807, 2.05) is 50.2 Å². The summed E-state index contributed by atoms with van der Waals surface area (Å²) in [6.07, 6.45) is 3.34. The molecule has 0 amide bonds. The highest BCUT2D eigenvalue weighted by atomic mass is 16.5. The SMILES string of the molecule is Cc1cccc(COc2cc(C)n(-c3ccncc3)c(=O)c2)c1. The summed E-state index contributed by atoms with van der Waals surface area (Å²) >= 11 is 0. The fraction of sp³-hybridized carbons (Fsp3) is 0.158. The number of pyridine rings is 2. The molecule has 3 rings (SSSR count). The lowest BCUT2D eigenvalue weighted by Crippen LogP contribution is -2.19. The average Bonchev–Trinajstić information content (AvgIpc) is 2.53. The second-order valence-corrected chi connectivity index (χ2v) is 5.49. The van der Waals surface area contributed by atoms with Crippen molar-refractivity contribution in [2.24, 2.45) is 0 Å². The predicted octanol–water partition coefficient (Wildman–Crippen LogP) is 3.43. The molecule has 3 aromatic rings. The van der Waals surface area contributed by atoms with E-state index in [4.69, 9.17) is 4.74 Å². The van der Waals surface area contributed by atoms with Crippen LogP contribution in [0.5, 0.6) is 5.75 Å². The molecule has 0 N–H and O–H groups in total. The minimum absolute atomic E-state index is 0.115. The van der Waals surface area contributed by atoms with Crippen LogP contribution in [0.4, 0.5) is 0 Å². The first-order valence-electron chi connectivity index (χ1n) is 7.46. The van der Waals surface area contributed by atoms with Crippen molar-refractivity contribution in [3.63, 3.8) is 0 Å². The summed E-state index contributed by atoms with van der Waals surface area (Å²) in [5.41, 5.74) is 3.78. The lowest BCUT2D eigenvalue weighted by Gasteiger charge is -2.12. The van der Waals surface area contributed by atoms with Gasteiger partial charge in [0, 0.05) is 30.2 Å². The Kier molecular flexibility index (Phi) is 4.24. The van der Waals surface area contributed by atoms with E-state index in [0.717, 1.165) is 16.9 Å². The van der Waals surface area contributed by atoms with Gasteiger partial charge in [-0.2, -0.15) is 0 Å². The zero-order valence-electron chi connectivity index (χ0n) is 13.2. The number of hydrogen-bond acceptors (Lipinski definition) is 3. The molecule has 0 spiro atoms. The van der Waals surface area contributed by atoms with Gasteiger partial charge in [0.05, 0.1) is 5.69 Å². The molecule has 116 valence electrons. The van der Waals surface area contributed by atoms with Crippen molar-refractivity contribution < 1.29 is 4.74 Å². The fourth-order valence-electron chi connectivity index (χ4n) is 2.55. The summed E-state index contributed by atoms with van der Waals surface area (Å²) in [7, 11) is 0. The Hall–Kier alpha value is -2.88. The molecule has 4 nitrogen and oxygen atoms in total. The minimum atomic E-state index is -0.115. The maximum absolute atomic E-state index is 12.4. The molecular formula is C19H18N2O2. The normalized spacial score (nSPS) is 10.5. The zero-order valence-corrected chi connectivity index (χ0v) is 13.2. The molecule has 0 saturated carbocycles. The minimum Gasteiger partial charge on any atom is -0.489 e. The largest absolute Gasteiger partial charge is 0.489 e. The number of nitrogens with zero attached hydrogens (tertiary/aromatic N) is 2. The van der Waals surface area contributed by atoms with Gasteiger partial charge in [-0.25, -0.2) is 0 Å². The smallest absolute Gasteiger partial charge is 0.258 e. The third kappa shape index (κ3) is 3.48. The van der Waals surface area contributed by atoms with Gasteiger partial charge in [-0.3, -0.25) is 14.3 Å². The van der Waals surface area contributed by atoms with Crippen molar-refractivity contribution in [2.75, 3.05) is 0 Å². The van der Waals surface area contributed by atoms with E-state index >= 15 is 0 Å². The molecule has 0 aliphatic carbocycles. The van der Waals surface area contributed by atoms with Gasteiger partial charge >= 0.3 is 0 Å². The van der Waals surface area contributed by atoms with E-state index in [0.29, 0.717) is 12.4 Å². The summed E-state index contributed by atoms with van der Waals surface area (Å²) < 4.78 is 7.41. The Morgan fingerprint density at radius 3 is 2.52 bits per heavy atom. The Bertz CT molecular complexity index is 870. The first-order valence-corrected chi connectivity index (χ1v) is 7.46. The van der Waals surface area contributed by atoms with Crippen LogP contribution in [0, 0.1) is 13.8 Å². The predicted molar refractivity (Wildman–Crippen MR) is 90.1 cm³/mol. The number of aryl methyl sites for hydroxylation is 2. The van der Waals surface area contributed by atoms with Crippen molar-refractivity contribution in [3.05, 3.63) is 88.1 Å². The molecule has 0 unspecified atom stereocenters. The van der Waals surface area contributed by atoms with E-state index in [1.165, 1.54) is 11.6 Å². The van der Waals surface area contributed by atoms with Gasteiger partial charge in [0.1, 0.15) is 12.4 Å². The Balaban J connectivity index is 1.84. The van der Waals surface area contributed by atoms with Gasteiger partial charge in [-0.05, 0) is 31.5 Å². The van der Waals surface area contributed by atoms with Gasteiger partial charge in [-0.15, -0.1) is 0 Å². The molecule has 2 aromatic heterocycles. The maximum atomic E-state index is 12.4. The number of benzene rings is 1. The highest BCUT2D eigenvalue weighted by molar-refractivity contribution is 5.35. The first kappa shape index (κ1) is 15.0. The monoisotopic (exact) mass is 306 g/mol. The van der Waals surface area contributed by atoms with E-state index in [2.05, 4.69) is 11.1 Å². The Morgan fingerprint density at radius 2 is 1.83 bits per heavy atom. The molecule has 0 atom stereocenters. The summed E-state index contributed by atoms with van der Waals surface area (Å²) in [5.74, 6) is 0.583. The average molecular weight is 306 g/mol. The number of rotatable bonds is 4. The van der Waals surface area contributed by atoms with Crippen molar-refractivity contribution in [1.29, 1.82) is 0 Å². The number of ether oxygens (including phenoxy) is 1. The standard InChI is InChI=1S/C19H18N2O2/c1-14-4-3-5-16(10-14)13-23-18-11-15(2)21(19(22)12-18)17-6-8-20-9-7-17/h3-12H,13H2,1-2H3. The third-order valence-corrected chi connectivity index (χ3v) is 3.60. The summed E-state index contributed by atoms with van der Waals surface area (Å²) in [4.78, 5) is 16.4. The van der Waals surface area contributed by atoms with E-state index in [1.54, 1.807) is 17.0 Å². The number of hydrogen-bond donors (Lipinski definition) is 0. The van der Waals surface area contributed by atoms with Gasteiger partial charge in [0.25, 0.3) is 5.56 Å². The van der Waals surface area contributed by atoms with Crippen molar-refractivity contribution in [1.82, 2.24) is 9.55 Å². The highest BCUT2D eigenvalue weighted by Gasteiger charge is 2.06. The van der Waals surface area contributed by atoms with Crippen molar-refractivity contribution >= 4 is 0 Å². The van der Waals surface area contributed by atoms with Crippen LogP contribution >= 0.6 is 0 Å². The van der Waals surface area contributed by atoms with Crippen molar-refractivity contribution in [3.8, 4) is 11.4 Å². The molecule has 1 aromatic carbocycles. The van der Waals surface area contributed by atoms with Gasteiger partial charge in [-0.1, -0.05) is 29.8 Å². The molecule has 0 radical (unpaired) electrons. The molecular weight excluding hydrogens is 288 g/mol. The summed E-state index contributed by atoms with van der Waals surface area (Å²) in [5, 5.41) is 0.